The van der Waals surface area contributed by atoms with Crippen LogP contribution in [-0.2, 0) is 11.2 Å². The smallest absolute Gasteiger partial charge is 0.192 e. The van der Waals surface area contributed by atoms with Crippen molar-refractivity contribution in [3.8, 4) is 0 Å². The highest BCUT2D eigenvalue weighted by atomic mass is 35.5. The minimum atomic E-state index is -0.437. The Morgan fingerprint density at radius 2 is 1.88 bits per heavy atom. The van der Waals surface area contributed by atoms with Crippen molar-refractivity contribution in [2.75, 3.05) is 37.8 Å². The quantitative estimate of drug-likeness (QED) is 0.544. The van der Waals surface area contributed by atoms with E-state index in [1.807, 2.05) is 35.0 Å². The minimum Gasteiger partial charge on any atom is -0.394 e. The first kappa shape index (κ1) is 24.7. The van der Waals surface area contributed by atoms with Gasteiger partial charge in [-0.3, -0.25) is 4.79 Å². The minimum absolute atomic E-state index is 0.0410. The maximum Gasteiger partial charge on any atom is 0.192 e. The molecule has 2 heterocycles. The molecule has 1 atom stereocenters. The monoisotopic (exact) mass is 486 g/mol. The lowest BCUT2D eigenvalue weighted by atomic mass is 9.86. The molecule has 0 amide bonds. The average molecular weight is 487 g/mol. The second-order valence-electron chi connectivity index (χ2n) is 10.1. The first-order valence-electron chi connectivity index (χ1n) is 11.7. The van der Waals surface area contributed by atoms with Gasteiger partial charge in [0.1, 0.15) is 5.82 Å². The molecule has 0 aliphatic carbocycles. The molecular weight excluding hydrogens is 455 g/mol. The number of pyridine rings is 1. The van der Waals surface area contributed by atoms with Gasteiger partial charge in [0.05, 0.1) is 36.4 Å². The molecule has 182 valence electrons. The Bertz CT molecular complexity index is 1260. The number of hydrogen-bond donors (Lipinski definition) is 1. The summed E-state index contributed by atoms with van der Waals surface area (Å²) < 4.78 is 22.4. The van der Waals surface area contributed by atoms with Gasteiger partial charge in [-0.1, -0.05) is 38.4 Å². The molecule has 1 unspecified atom stereocenters. The molecule has 0 saturated carbocycles. The Hall–Kier alpha value is -2.41. The van der Waals surface area contributed by atoms with E-state index >= 15 is 0 Å². The lowest BCUT2D eigenvalue weighted by molar-refractivity contribution is 0.122. The molecular formula is C27H32ClFN2O3. The normalized spacial score (nSPS) is 15.7. The number of benzene rings is 2. The summed E-state index contributed by atoms with van der Waals surface area (Å²) in [6.07, 6.45) is 2.14. The van der Waals surface area contributed by atoms with Crippen molar-refractivity contribution in [3.05, 3.63) is 74.3 Å². The molecule has 2 aromatic carbocycles. The van der Waals surface area contributed by atoms with Crippen LogP contribution in [-0.4, -0.2) is 42.6 Å². The fourth-order valence-corrected chi connectivity index (χ4v) is 4.90. The van der Waals surface area contributed by atoms with E-state index < -0.39 is 5.82 Å². The number of fused-ring (bicyclic) bond motifs is 1. The van der Waals surface area contributed by atoms with Gasteiger partial charge in [-0.2, -0.15) is 0 Å². The van der Waals surface area contributed by atoms with E-state index in [0.717, 1.165) is 29.9 Å². The number of aliphatic hydroxyl groups excluding tert-OH is 1. The molecule has 1 N–H and O–H groups in total. The van der Waals surface area contributed by atoms with Crippen LogP contribution in [0.1, 0.15) is 43.5 Å². The van der Waals surface area contributed by atoms with Gasteiger partial charge in [0, 0.05) is 42.3 Å². The van der Waals surface area contributed by atoms with Gasteiger partial charge >= 0.3 is 0 Å². The summed E-state index contributed by atoms with van der Waals surface area (Å²) in [4.78, 5) is 15.2. The summed E-state index contributed by atoms with van der Waals surface area (Å²) >= 11 is 6.25. The van der Waals surface area contributed by atoms with Crippen LogP contribution in [0.2, 0.25) is 5.02 Å². The summed E-state index contributed by atoms with van der Waals surface area (Å²) in [5.41, 5.74) is 3.29. The summed E-state index contributed by atoms with van der Waals surface area (Å²) in [7, 11) is 0. The van der Waals surface area contributed by atoms with Crippen molar-refractivity contribution in [2.45, 2.75) is 40.2 Å². The summed E-state index contributed by atoms with van der Waals surface area (Å²) in [6, 6.07) is 8.96. The second-order valence-corrected chi connectivity index (χ2v) is 10.5. The fraction of sp³-hybridized carbons (Fsp3) is 0.444. The van der Waals surface area contributed by atoms with Crippen molar-refractivity contribution in [3.63, 3.8) is 0 Å². The van der Waals surface area contributed by atoms with Crippen LogP contribution in [0.5, 0.6) is 0 Å². The zero-order valence-electron chi connectivity index (χ0n) is 20.2. The van der Waals surface area contributed by atoms with Gasteiger partial charge in [0.15, 0.2) is 5.43 Å². The van der Waals surface area contributed by atoms with Gasteiger partial charge < -0.3 is 19.3 Å². The van der Waals surface area contributed by atoms with Gasteiger partial charge in [-0.15, -0.1) is 0 Å². The number of aryl methyl sites for hydroxylation is 1. The zero-order valence-corrected chi connectivity index (χ0v) is 21.0. The predicted octanol–water partition coefficient (Wildman–Crippen LogP) is 5.11. The highest BCUT2D eigenvalue weighted by Gasteiger charge is 2.27. The van der Waals surface area contributed by atoms with Gasteiger partial charge in [0.2, 0.25) is 0 Å². The van der Waals surface area contributed by atoms with Crippen molar-refractivity contribution >= 4 is 28.2 Å². The maximum atomic E-state index is 15.0. The van der Waals surface area contributed by atoms with Crippen molar-refractivity contribution in [2.24, 2.45) is 5.41 Å². The number of hydrogen-bond acceptors (Lipinski definition) is 4. The first-order valence-corrected chi connectivity index (χ1v) is 12.0. The predicted molar refractivity (Wildman–Crippen MR) is 136 cm³/mol. The number of nitrogens with zero attached hydrogens (tertiary/aromatic N) is 2. The Morgan fingerprint density at radius 1 is 1.18 bits per heavy atom. The molecule has 0 radical (unpaired) electrons. The van der Waals surface area contributed by atoms with Crippen molar-refractivity contribution in [1.29, 1.82) is 0 Å². The van der Waals surface area contributed by atoms with Crippen molar-refractivity contribution in [1.82, 2.24) is 4.57 Å². The number of rotatable bonds is 5. The van der Waals surface area contributed by atoms with E-state index in [4.69, 9.17) is 16.3 Å². The van der Waals surface area contributed by atoms with Crippen LogP contribution < -0.4 is 10.3 Å². The molecule has 3 aromatic rings. The molecule has 0 spiro atoms. The van der Waals surface area contributed by atoms with Crippen LogP contribution in [0.3, 0.4) is 0 Å². The molecule has 1 aliphatic rings. The van der Waals surface area contributed by atoms with E-state index in [2.05, 4.69) is 25.7 Å². The third-order valence-corrected chi connectivity index (χ3v) is 6.92. The van der Waals surface area contributed by atoms with Crippen LogP contribution in [0.4, 0.5) is 10.1 Å². The fourth-order valence-electron chi connectivity index (χ4n) is 4.67. The average Bonchev–Trinajstić information content (AvgIpc) is 2.80. The van der Waals surface area contributed by atoms with Gasteiger partial charge in [-0.05, 0) is 47.7 Å². The molecule has 0 bridgehead atoms. The number of aliphatic hydroxyl groups is 1. The van der Waals surface area contributed by atoms with E-state index in [9.17, 15) is 14.3 Å². The standard InChI is InChI=1S/C27H32ClFN2O3/c1-17-15-31(24(16-32)27(2,3)4)23-6-5-18(12-21(23)26(17)33)11-19-13-20(14-22(28)25(19)29)30-7-9-34-10-8-30/h5-6,12-15,24,32H,7-11,16H2,1-4H3. The molecule has 1 aromatic heterocycles. The highest BCUT2D eigenvalue weighted by molar-refractivity contribution is 6.31. The molecule has 1 saturated heterocycles. The van der Waals surface area contributed by atoms with E-state index in [1.165, 1.54) is 0 Å². The molecule has 7 heteroatoms. The van der Waals surface area contributed by atoms with E-state index in [-0.39, 0.29) is 28.5 Å². The van der Waals surface area contributed by atoms with Crippen LogP contribution in [0, 0.1) is 18.2 Å². The number of morpholine rings is 1. The summed E-state index contributed by atoms with van der Waals surface area (Å²) in [5, 5.41) is 10.8. The van der Waals surface area contributed by atoms with Crippen LogP contribution in [0.15, 0.2) is 41.3 Å². The Labute approximate surface area is 204 Å². The lowest BCUT2D eigenvalue weighted by Gasteiger charge is -2.33. The van der Waals surface area contributed by atoms with Gasteiger partial charge in [-0.25, -0.2) is 4.39 Å². The number of ether oxygens (including phenoxy) is 1. The first-order chi connectivity index (χ1) is 16.1. The Morgan fingerprint density at radius 3 is 2.53 bits per heavy atom. The Kier molecular flexibility index (Phi) is 7.04. The lowest BCUT2D eigenvalue weighted by Crippen LogP contribution is -2.36. The molecule has 1 fully saturated rings. The molecule has 5 nitrogen and oxygen atoms in total. The summed E-state index contributed by atoms with van der Waals surface area (Å²) in [6.45, 7) is 10.7. The number of anilines is 1. The Balaban J connectivity index is 1.76. The third kappa shape index (κ3) is 4.85. The maximum absolute atomic E-state index is 15.0. The molecule has 34 heavy (non-hydrogen) atoms. The largest absolute Gasteiger partial charge is 0.394 e. The van der Waals surface area contributed by atoms with Crippen LogP contribution >= 0.6 is 11.6 Å². The highest BCUT2D eigenvalue weighted by Crippen LogP contribution is 2.33. The van der Waals surface area contributed by atoms with E-state index in [1.54, 1.807) is 13.0 Å². The SMILES string of the molecule is Cc1cn(C(CO)C(C)(C)C)c2ccc(Cc3cc(N4CCOCC4)cc(Cl)c3F)cc2c1=O. The third-order valence-electron chi connectivity index (χ3n) is 6.64. The van der Waals surface area contributed by atoms with Crippen molar-refractivity contribution < 1.29 is 14.2 Å². The topological polar surface area (TPSA) is 54.7 Å². The number of aromatic nitrogens is 1. The van der Waals surface area contributed by atoms with E-state index in [0.29, 0.717) is 36.1 Å². The van der Waals surface area contributed by atoms with Crippen LogP contribution in [0.25, 0.3) is 10.9 Å². The zero-order chi connectivity index (χ0) is 24.6. The number of halogens is 2. The molecule has 1 aliphatic heterocycles. The second kappa shape index (κ2) is 9.68. The molecule has 4 rings (SSSR count). The van der Waals surface area contributed by atoms with Gasteiger partial charge in [0.25, 0.3) is 0 Å². The summed E-state index contributed by atoms with van der Waals surface area (Å²) in [5.74, 6) is -0.437.